The molecule has 1 aliphatic rings. The Hall–Kier alpha value is -4.63. The van der Waals surface area contributed by atoms with Crippen molar-refractivity contribution in [1.29, 1.82) is 0 Å². The minimum atomic E-state index is -5.34. The van der Waals surface area contributed by atoms with Gasteiger partial charge in [0.15, 0.2) is 11.6 Å². The van der Waals surface area contributed by atoms with Crippen LogP contribution in [0.25, 0.3) is 16.6 Å². The molecule has 0 radical (unpaired) electrons. The Kier molecular flexibility index (Phi) is 6.20. The van der Waals surface area contributed by atoms with E-state index in [4.69, 9.17) is 0 Å². The van der Waals surface area contributed by atoms with Crippen molar-refractivity contribution >= 4 is 16.9 Å². The molecule has 42 heavy (non-hydrogen) atoms. The summed E-state index contributed by atoms with van der Waals surface area (Å²) in [5.41, 5.74) is 2.22. The van der Waals surface area contributed by atoms with E-state index in [0.29, 0.717) is 27.8 Å². The molecule has 0 bridgehead atoms. The summed E-state index contributed by atoms with van der Waals surface area (Å²) in [5.74, 6) is -7.64. The molecule has 0 saturated carbocycles. The Morgan fingerprint density at radius 2 is 1.57 bits per heavy atom. The van der Waals surface area contributed by atoms with Crippen LogP contribution in [0.3, 0.4) is 0 Å². The van der Waals surface area contributed by atoms with Gasteiger partial charge in [0.25, 0.3) is 0 Å². The number of aromatic nitrogens is 7. The zero-order valence-corrected chi connectivity index (χ0v) is 21.6. The van der Waals surface area contributed by atoms with Crippen molar-refractivity contribution < 1.29 is 35.1 Å². The maximum atomic E-state index is 15.5. The third-order valence-corrected chi connectivity index (χ3v) is 6.94. The van der Waals surface area contributed by atoms with Crippen LogP contribution in [-0.4, -0.2) is 41.5 Å². The number of nitrogens with one attached hydrogen (secondary N) is 1. The Morgan fingerprint density at radius 3 is 2.19 bits per heavy atom. The second-order valence-corrected chi connectivity index (χ2v) is 9.75. The van der Waals surface area contributed by atoms with Crippen LogP contribution in [-0.2, 0) is 18.8 Å². The fourth-order valence-corrected chi connectivity index (χ4v) is 5.02. The number of hydrogen-bond donors (Lipinski definition) is 1. The van der Waals surface area contributed by atoms with Crippen molar-refractivity contribution in [3.05, 3.63) is 87.9 Å². The summed E-state index contributed by atoms with van der Waals surface area (Å²) in [7, 11) is 0. The average Bonchev–Trinajstić information content (AvgIpc) is 3.53. The highest BCUT2D eigenvalue weighted by Gasteiger charge is 2.44. The minimum absolute atomic E-state index is 0.0407. The molecule has 0 saturated heterocycles. The molecule has 2 aromatic carbocycles. The topological polar surface area (TPSA) is 88.4 Å². The first-order valence-electron chi connectivity index (χ1n) is 12.4. The lowest BCUT2D eigenvalue weighted by atomic mass is 9.91. The van der Waals surface area contributed by atoms with E-state index >= 15 is 4.39 Å². The third-order valence-electron chi connectivity index (χ3n) is 6.94. The summed E-state index contributed by atoms with van der Waals surface area (Å²) in [6.07, 6.45) is -9.04. The van der Waals surface area contributed by atoms with Gasteiger partial charge in [-0.1, -0.05) is 12.1 Å². The minimum Gasteiger partial charge on any atom is -0.356 e. The molecule has 218 valence electrons. The predicted molar refractivity (Wildman–Crippen MR) is 132 cm³/mol. The molecule has 0 amide bonds. The van der Waals surface area contributed by atoms with Crippen molar-refractivity contribution in [1.82, 2.24) is 34.9 Å². The van der Waals surface area contributed by atoms with E-state index in [1.54, 1.807) is 31.3 Å². The molecule has 1 N–H and O–H groups in total. The van der Waals surface area contributed by atoms with E-state index in [2.05, 4.69) is 30.1 Å². The monoisotopic (exact) mass is 594 g/mol. The van der Waals surface area contributed by atoms with Gasteiger partial charge in [-0.25, -0.2) is 13.8 Å². The molecule has 3 aromatic heterocycles. The molecule has 0 fully saturated rings. The standard InChI is InChI=1S/C26H18F8N8/c1-11-3-5-15(19(28)18(11)27)21-20-14(16-9-13(4-6-17(16)36-20)42-35-10-12(2)40-42)7-8-41(21)24-38-22(25(29,30)31)37-23(39-24)26(32,33)34/h3-6,9-10,21,36H,7-8H2,1-2H3/t21-/m0/s1. The first-order chi connectivity index (χ1) is 19.7. The first-order valence-corrected chi connectivity index (χ1v) is 12.4. The maximum absolute atomic E-state index is 15.5. The molecule has 0 aliphatic carbocycles. The van der Waals surface area contributed by atoms with Crippen LogP contribution in [0.15, 0.2) is 36.5 Å². The van der Waals surface area contributed by atoms with E-state index in [1.807, 2.05) is 0 Å². The lowest BCUT2D eigenvalue weighted by Gasteiger charge is -2.36. The number of aromatic amines is 1. The van der Waals surface area contributed by atoms with Gasteiger partial charge in [-0.15, -0.1) is 0 Å². The molecule has 1 aliphatic heterocycles. The van der Waals surface area contributed by atoms with Crippen molar-refractivity contribution in [2.75, 3.05) is 11.4 Å². The molecule has 0 spiro atoms. The van der Waals surface area contributed by atoms with Gasteiger partial charge >= 0.3 is 12.4 Å². The molecular weight excluding hydrogens is 576 g/mol. The highest BCUT2D eigenvalue weighted by atomic mass is 19.4. The van der Waals surface area contributed by atoms with Gasteiger partial charge < -0.3 is 9.88 Å². The molecule has 5 aromatic rings. The van der Waals surface area contributed by atoms with E-state index in [1.165, 1.54) is 23.9 Å². The fourth-order valence-electron chi connectivity index (χ4n) is 5.02. The van der Waals surface area contributed by atoms with Crippen LogP contribution in [0.1, 0.15) is 45.8 Å². The lowest BCUT2D eigenvalue weighted by molar-refractivity contribution is -0.155. The van der Waals surface area contributed by atoms with Gasteiger partial charge in [0.1, 0.15) is 6.04 Å². The van der Waals surface area contributed by atoms with Crippen LogP contribution in [0.2, 0.25) is 0 Å². The number of H-pyrrole nitrogens is 1. The van der Waals surface area contributed by atoms with Crippen LogP contribution in [0.5, 0.6) is 0 Å². The van der Waals surface area contributed by atoms with Gasteiger partial charge in [0.05, 0.1) is 17.6 Å². The number of alkyl halides is 6. The number of hydrogen-bond acceptors (Lipinski definition) is 6. The maximum Gasteiger partial charge on any atom is 0.451 e. The Bertz CT molecular complexity index is 1810. The van der Waals surface area contributed by atoms with E-state index < -0.39 is 47.6 Å². The zero-order valence-electron chi connectivity index (χ0n) is 21.6. The van der Waals surface area contributed by atoms with Gasteiger partial charge in [-0.05, 0) is 49.6 Å². The van der Waals surface area contributed by atoms with Gasteiger partial charge in [0, 0.05) is 28.7 Å². The van der Waals surface area contributed by atoms with Crippen LogP contribution < -0.4 is 4.90 Å². The lowest BCUT2D eigenvalue weighted by Crippen LogP contribution is -2.39. The van der Waals surface area contributed by atoms with Gasteiger partial charge in [-0.3, -0.25) is 0 Å². The summed E-state index contributed by atoms with van der Waals surface area (Å²) < 4.78 is 112. The number of benzene rings is 2. The van der Waals surface area contributed by atoms with Crippen molar-refractivity contribution in [3.8, 4) is 5.69 Å². The summed E-state index contributed by atoms with van der Waals surface area (Å²) >= 11 is 0. The van der Waals surface area contributed by atoms with E-state index in [-0.39, 0.29) is 29.8 Å². The van der Waals surface area contributed by atoms with Gasteiger partial charge in [0.2, 0.25) is 17.6 Å². The molecule has 1 atom stereocenters. The molecule has 16 heteroatoms. The number of anilines is 1. The summed E-state index contributed by atoms with van der Waals surface area (Å²) in [5, 5.41) is 9.09. The summed E-state index contributed by atoms with van der Waals surface area (Å²) in [4.78, 5) is 14.6. The average molecular weight is 594 g/mol. The number of halogens is 8. The first kappa shape index (κ1) is 27.5. The van der Waals surface area contributed by atoms with Crippen molar-refractivity contribution in [2.24, 2.45) is 0 Å². The smallest absolute Gasteiger partial charge is 0.356 e. The largest absolute Gasteiger partial charge is 0.451 e. The van der Waals surface area contributed by atoms with E-state index in [9.17, 15) is 30.7 Å². The Labute approximate surface area is 231 Å². The number of rotatable bonds is 3. The SMILES string of the molecule is Cc1cnn(-c2ccc3[nH]c4c(c3c2)CCN(c2nc(C(F)(F)F)nc(C(F)(F)F)n2)[C@H]4c2ccc(C)c(F)c2F)n1. The third kappa shape index (κ3) is 4.59. The molecule has 4 heterocycles. The normalized spacial score (nSPS) is 15.9. The molecular formula is C26H18F8N8. The quantitative estimate of drug-likeness (QED) is 0.257. The molecule has 6 rings (SSSR count). The number of nitrogens with zero attached hydrogens (tertiary/aromatic N) is 7. The fraction of sp³-hybridized carbons (Fsp3) is 0.269. The number of fused-ring (bicyclic) bond motifs is 3. The van der Waals surface area contributed by atoms with Gasteiger partial charge in [-0.2, -0.15) is 51.3 Å². The summed E-state index contributed by atoms with van der Waals surface area (Å²) in [6.45, 7) is 2.84. The second-order valence-electron chi connectivity index (χ2n) is 9.75. The Morgan fingerprint density at radius 1 is 0.881 bits per heavy atom. The summed E-state index contributed by atoms with van der Waals surface area (Å²) in [6, 6.07) is 6.19. The van der Waals surface area contributed by atoms with Crippen LogP contribution in [0, 0.1) is 25.5 Å². The second kappa shape index (κ2) is 9.46. The molecule has 0 unspecified atom stereocenters. The highest BCUT2D eigenvalue weighted by molar-refractivity contribution is 5.87. The van der Waals surface area contributed by atoms with Crippen molar-refractivity contribution in [3.63, 3.8) is 0 Å². The molecule has 8 nitrogen and oxygen atoms in total. The zero-order chi connectivity index (χ0) is 30.1. The van der Waals surface area contributed by atoms with E-state index in [0.717, 1.165) is 4.90 Å². The highest BCUT2D eigenvalue weighted by Crippen LogP contribution is 2.42. The predicted octanol–water partition coefficient (Wildman–Crippen LogP) is 6.02. The number of aryl methyl sites for hydroxylation is 2. The van der Waals surface area contributed by atoms with Crippen LogP contribution in [0.4, 0.5) is 41.1 Å². The van der Waals surface area contributed by atoms with Crippen molar-refractivity contribution in [2.45, 2.75) is 38.7 Å². The van der Waals surface area contributed by atoms with Crippen LogP contribution >= 0.6 is 0 Å². The Balaban J connectivity index is 1.58.